The third-order valence-electron chi connectivity index (χ3n) is 3.05. The van der Waals surface area contributed by atoms with Crippen LogP contribution in [-0.4, -0.2) is 25.6 Å². The van der Waals surface area contributed by atoms with Gasteiger partial charge in [0.2, 0.25) is 5.82 Å². The second-order valence-corrected chi connectivity index (χ2v) is 5.71. The van der Waals surface area contributed by atoms with E-state index >= 15 is 0 Å². The molecule has 0 aliphatic carbocycles. The van der Waals surface area contributed by atoms with Crippen molar-refractivity contribution in [1.29, 1.82) is 10.5 Å². The first kappa shape index (κ1) is 16.2. The van der Waals surface area contributed by atoms with Crippen molar-refractivity contribution < 1.29 is 0 Å². The van der Waals surface area contributed by atoms with E-state index in [9.17, 15) is 0 Å². The van der Waals surface area contributed by atoms with Crippen LogP contribution in [0, 0.1) is 22.7 Å². The molecular weight excluding hydrogens is 336 g/mol. The Morgan fingerprint density at radius 3 is 2.72 bits per heavy atom. The van der Waals surface area contributed by atoms with Gasteiger partial charge in [-0.15, -0.1) is 10.2 Å². The van der Waals surface area contributed by atoms with Gasteiger partial charge in [-0.2, -0.15) is 15.7 Å². The largest absolute Gasteiger partial charge is 0.360 e. The van der Waals surface area contributed by atoms with Gasteiger partial charge in [-0.1, -0.05) is 11.8 Å². The molecule has 1 aromatic carbocycles. The van der Waals surface area contributed by atoms with Crippen LogP contribution < -0.4 is 5.32 Å². The summed E-state index contributed by atoms with van der Waals surface area (Å²) in [6, 6.07) is 15.1. The van der Waals surface area contributed by atoms with Crippen LogP contribution >= 0.6 is 11.8 Å². The Hall–Kier alpha value is -3.69. The van der Waals surface area contributed by atoms with Crippen LogP contribution in [0.5, 0.6) is 0 Å². The van der Waals surface area contributed by atoms with E-state index in [0.717, 1.165) is 10.6 Å². The monoisotopic (exact) mass is 346 g/mol. The zero-order valence-corrected chi connectivity index (χ0v) is 13.5. The number of rotatable bonds is 5. The van der Waals surface area contributed by atoms with Gasteiger partial charge in [0.25, 0.3) is 0 Å². The summed E-state index contributed by atoms with van der Waals surface area (Å²) in [5.41, 5.74) is 1.60. The number of pyridine rings is 1. The lowest BCUT2D eigenvalue weighted by atomic mass is 10.3. The van der Waals surface area contributed by atoms with Crippen LogP contribution in [0.3, 0.4) is 0 Å². The number of nitrogens with zero attached hydrogens (tertiary/aromatic N) is 6. The Labute approximate surface area is 147 Å². The normalized spacial score (nSPS) is 10.7. The minimum atomic E-state index is 0.223. The molecule has 2 heterocycles. The van der Waals surface area contributed by atoms with E-state index in [4.69, 9.17) is 10.5 Å². The predicted molar refractivity (Wildman–Crippen MR) is 90.9 cm³/mol. The number of aromatic nitrogens is 5. The summed E-state index contributed by atoms with van der Waals surface area (Å²) in [5, 5.41) is 35.1. The molecule has 0 saturated carbocycles. The van der Waals surface area contributed by atoms with Crippen LogP contribution in [0.4, 0.5) is 5.69 Å². The lowest BCUT2D eigenvalue weighted by Crippen LogP contribution is -1.93. The van der Waals surface area contributed by atoms with Gasteiger partial charge >= 0.3 is 0 Å². The third kappa shape index (κ3) is 3.99. The van der Waals surface area contributed by atoms with Crippen molar-refractivity contribution in [2.75, 3.05) is 5.32 Å². The van der Waals surface area contributed by atoms with Gasteiger partial charge in [-0.05, 0) is 41.6 Å². The molecule has 3 aromatic rings. The minimum Gasteiger partial charge on any atom is -0.360 e. The number of aromatic amines is 1. The number of nitrogens with one attached hydrogen (secondary N) is 2. The fraction of sp³-hybridized carbons (Fsp3) is 0. The number of H-pyrrole nitrogens is 1. The molecule has 0 amide bonds. The summed E-state index contributed by atoms with van der Waals surface area (Å²) in [6.45, 7) is 0. The number of anilines is 1. The lowest BCUT2D eigenvalue weighted by molar-refractivity contribution is 0.881. The second-order valence-electron chi connectivity index (χ2n) is 4.64. The highest BCUT2D eigenvalue weighted by molar-refractivity contribution is 7.99. The molecule has 9 heteroatoms. The van der Waals surface area contributed by atoms with E-state index in [0.29, 0.717) is 10.6 Å². The standard InChI is InChI=1S/C16H10N8S/c17-8-11-2-1-7-19-16(11)25-14-5-3-13(4-6-14)20-10-12(9-18)15-21-23-24-22-15/h1-7,10,20H,(H,21,22,23,24). The summed E-state index contributed by atoms with van der Waals surface area (Å²) in [5.74, 6) is 0.223. The van der Waals surface area contributed by atoms with E-state index in [1.807, 2.05) is 30.3 Å². The first-order valence-corrected chi connectivity index (χ1v) is 7.85. The first-order valence-electron chi connectivity index (χ1n) is 7.04. The van der Waals surface area contributed by atoms with E-state index in [1.54, 1.807) is 18.3 Å². The maximum Gasteiger partial charge on any atom is 0.216 e. The van der Waals surface area contributed by atoms with Crippen molar-refractivity contribution >= 4 is 23.0 Å². The maximum atomic E-state index is 9.12. The number of benzene rings is 1. The van der Waals surface area contributed by atoms with Gasteiger partial charge in [0.15, 0.2) is 0 Å². The third-order valence-corrected chi connectivity index (χ3v) is 4.08. The number of tetrazole rings is 1. The van der Waals surface area contributed by atoms with Crippen LogP contribution in [0.15, 0.2) is 58.7 Å². The molecule has 2 N–H and O–H groups in total. The van der Waals surface area contributed by atoms with Crippen molar-refractivity contribution in [3.05, 3.63) is 60.2 Å². The lowest BCUT2D eigenvalue weighted by Gasteiger charge is -2.05. The van der Waals surface area contributed by atoms with Crippen molar-refractivity contribution in [2.24, 2.45) is 0 Å². The van der Waals surface area contributed by atoms with Crippen LogP contribution in [-0.2, 0) is 0 Å². The van der Waals surface area contributed by atoms with Gasteiger partial charge in [-0.25, -0.2) is 4.98 Å². The zero-order valence-electron chi connectivity index (χ0n) is 12.7. The Morgan fingerprint density at radius 1 is 1.20 bits per heavy atom. The minimum absolute atomic E-state index is 0.223. The average Bonchev–Trinajstić information content (AvgIpc) is 3.18. The SMILES string of the molecule is N#CC(=CNc1ccc(Sc2ncccc2C#N)cc1)c1nn[nH]n1. The second kappa shape index (κ2) is 7.73. The summed E-state index contributed by atoms with van der Waals surface area (Å²) in [7, 11) is 0. The molecule has 0 fully saturated rings. The summed E-state index contributed by atoms with van der Waals surface area (Å²) in [6.07, 6.45) is 3.17. The molecule has 0 atom stereocenters. The van der Waals surface area contributed by atoms with E-state index in [1.165, 1.54) is 18.0 Å². The zero-order chi connectivity index (χ0) is 17.5. The Balaban J connectivity index is 1.71. The fourth-order valence-corrected chi connectivity index (χ4v) is 2.70. The van der Waals surface area contributed by atoms with Crippen molar-refractivity contribution in [2.45, 2.75) is 9.92 Å². The van der Waals surface area contributed by atoms with Crippen LogP contribution in [0.1, 0.15) is 11.4 Å². The smallest absolute Gasteiger partial charge is 0.216 e. The molecule has 0 spiro atoms. The fourth-order valence-electron chi connectivity index (χ4n) is 1.87. The van der Waals surface area contributed by atoms with Gasteiger partial charge in [0.05, 0.1) is 5.56 Å². The molecule has 8 nitrogen and oxygen atoms in total. The Morgan fingerprint density at radius 2 is 2.04 bits per heavy atom. The molecule has 0 unspecified atom stereocenters. The number of allylic oxidation sites excluding steroid dienone is 1. The molecule has 25 heavy (non-hydrogen) atoms. The number of hydrogen-bond acceptors (Lipinski definition) is 8. The quantitative estimate of drug-likeness (QED) is 0.675. The van der Waals surface area contributed by atoms with Crippen molar-refractivity contribution in [3.63, 3.8) is 0 Å². The number of nitriles is 2. The molecular formula is C16H10N8S. The topological polar surface area (TPSA) is 127 Å². The van der Waals surface area contributed by atoms with Crippen LogP contribution in [0.25, 0.3) is 5.57 Å². The predicted octanol–water partition coefficient (Wildman–Crippen LogP) is 2.59. The van der Waals surface area contributed by atoms with Crippen molar-refractivity contribution in [3.8, 4) is 12.1 Å². The molecule has 2 aromatic heterocycles. The summed E-state index contributed by atoms with van der Waals surface area (Å²) < 4.78 is 0. The van der Waals surface area contributed by atoms with E-state index in [-0.39, 0.29) is 11.4 Å². The highest BCUT2D eigenvalue weighted by atomic mass is 32.2. The molecule has 0 saturated heterocycles. The molecule has 0 bridgehead atoms. The van der Waals surface area contributed by atoms with E-state index < -0.39 is 0 Å². The highest BCUT2D eigenvalue weighted by Gasteiger charge is 2.06. The summed E-state index contributed by atoms with van der Waals surface area (Å²) in [4.78, 5) is 5.17. The molecule has 120 valence electrons. The van der Waals surface area contributed by atoms with E-state index in [2.05, 4.69) is 37.0 Å². The molecule has 0 radical (unpaired) electrons. The molecule has 3 rings (SSSR count). The van der Waals surface area contributed by atoms with Gasteiger partial charge in [0, 0.05) is 23.0 Å². The molecule has 0 aliphatic heterocycles. The van der Waals surface area contributed by atoms with Crippen LogP contribution in [0.2, 0.25) is 0 Å². The Bertz CT molecular complexity index is 965. The number of hydrogen-bond donors (Lipinski definition) is 2. The molecule has 0 aliphatic rings. The highest BCUT2D eigenvalue weighted by Crippen LogP contribution is 2.29. The maximum absolute atomic E-state index is 9.12. The average molecular weight is 346 g/mol. The van der Waals surface area contributed by atoms with Gasteiger partial charge in [-0.3, -0.25) is 0 Å². The van der Waals surface area contributed by atoms with Crippen molar-refractivity contribution in [1.82, 2.24) is 25.6 Å². The Kier molecular flexibility index (Phi) is 5.00. The van der Waals surface area contributed by atoms with Gasteiger partial charge < -0.3 is 5.32 Å². The first-order chi connectivity index (χ1) is 12.3. The van der Waals surface area contributed by atoms with Gasteiger partial charge in [0.1, 0.15) is 22.7 Å². The summed E-state index contributed by atoms with van der Waals surface area (Å²) >= 11 is 1.41.